The topological polar surface area (TPSA) is 44.4 Å². The van der Waals surface area contributed by atoms with E-state index in [0.29, 0.717) is 0 Å². The van der Waals surface area contributed by atoms with Gasteiger partial charge in [0.1, 0.15) is 11.3 Å². The van der Waals surface area contributed by atoms with E-state index in [2.05, 4.69) is 10.2 Å². The lowest BCUT2D eigenvalue weighted by Gasteiger charge is -2.05. The van der Waals surface area contributed by atoms with Crippen molar-refractivity contribution in [2.45, 2.75) is 0 Å². The van der Waals surface area contributed by atoms with Gasteiger partial charge in [-0.1, -0.05) is 0 Å². The molecule has 17 heavy (non-hydrogen) atoms. The zero-order chi connectivity index (χ0) is 11.8. The fraction of sp³-hybridized carbons (Fsp3) is 0.167. The summed E-state index contributed by atoms with van der Waals surface area (Å²) in [5.74, 6) is 0.809. The van der Waals surface area contributed by atoms with Crippen LogP contribution in [-0.4, -0.2) is 26.5 Å². The molecule has 0 N–H and O–H groups in total. The third kappa shape index (κ3) is 1.56. The molecule has 0 spiro atoms. The van der Waals surface area contributed by atoms with Crippen LogP contribution < -0.4 is 4.74 Å². The Hall–Kier alpha value is -2.30. The summed E-state index contributed by atoms with van der Waals surface area (Å²) in [4.78, 5) is 0. The van der Waals surface area contributed by atoms with Crippen LogP contribution in [-0.2, 0) is 7.05 Å². The largest absolute Gasteiger partial charge is 0.494 e. The number of hydrogen-bond acceptors (Lipinski definition) is 3. The number of nitrogens with zero attached hydrogens (tertiary/aromatic N) is 4. The summed E-state index contributed by atoms with van der Waals surface area (Å²) in [5, 5.41) is 8.39. The van der Waals surface area contributed by atoms with E-state index in [1.54, 1.807) is 22.5 Å². The Morgan fingerprint density at radius 2 is 2.06 bits per heavy atom. The molecule has 0 saturated heterocycles. The molecule has 3 aromatic rings. The minimum atomic E-state index is 0.809. The summed E-state index contributed by atoms with van der Waals surface area (Å²) in [6.07, 6.45) is 7.51. The molecule has 0 aliphatic heterocycles. The summed E-state index contributed by atoms with van der Waals surface area (Å²) >= 11 is 0. The van der Waals surface area contributed by atoms with Crippen LogP contribution in [0.15, 0.2) is 36.9 Å². The van der Waals surface area contributed by atoms with E-state index in [4.69, 9.17) is 4.74 Å². The van der Waals surface area contributed by atoms with E-state index >= 15 is 0 Å². The Morgan fingerprint density at radius 3 is 2.76 bits per heavy atom. The molecule has 0 atom stereocenters. The number of hydrogen-bond donors (Lipinski definition) is 0. The Kier molecular flexibility index (Phi) is 2.11. The van der Waals surface area contributed by atoms with Gasteiger partial charge in [0.2, 0.25) is 0 Å². The molecule has 0 radical (unpaired) electrons. The van der Waals surface area contributed by atoms with Gasteiger partial charge >= 0.3 is 0 Å². The molecule has 0 bridgehead atoms. The maximum absolute atomic E-state index is 5.37. The van der Waals surface area contributed by atoms with Crippen molar-refractivity contribution in [2.24, 2.45) is 7.05 Å². The smallest absolute Gasteiger partial charge is 0.145 e. The minimum Gasteiger partial charge on any atom is -0.494 e. The molecule has 3 aromatic heterocycles. The third-order valence-corrected chi connectivity index (χ3v) is 2.73. The van der Waals surface area contributed by atoms with Gasteiger partial charge in [-0.25, -0.2) is 4.52 Å². The van der Waals surface area contributed by atoms with Crippen molar-refractivity contribution in [1.82, 2.24) is 19.4 Å². The van der Waals surface area contributed by atoms with Crippen LogP contribution >= 0.6 is 0 Å². The van der Waals surface area contributed by atoms with Crippen LogP contribution in [0.3, 0.4) is 0 Å². The van der Waals surface area contributed by atoms with Crippen molar-refractivity contribution in [1.29, 1.82) is 0 Å². The monoisotopic (exact) mass is 228 g/mol. The second-order valence-corrected chi connectivity index (χ2v) is 3.86. The van der Waals surface area contributed by atoms with Gasteiger partial charge in [-0.15, -0.1) is 0 Å². The second-order valence-electron chi connectivity index (χ2n) is 3.86. The SMILES string of the molecule is COc1cc(-c2cnn(C)c2)cn2nccc12. The van der Waals surface area contributed by atoms with Gasteiger partial charge in [-0.2, -0.15) is 10.2 Å². The quantitative estimate of drug-likeness (QED) is 0.671. The summed E-state index contributed by atoms with van der Waals surface area (Å²) in [5.41, 5.74) is 3.04. The van der Waals surface area contributed by atoms with Crippen molar-refractivity contribution >= 4 is 5.52 Å². The van der Waals surface area contributed by atoms with E-state index in [1.807, 2.05) is 37.8 Å². The van der Waals surface area contributed by atoms with E-state index in [-0.39, 0.29) is 0 Å². The van der Waals surface area contributed by atoms with Crippen LogP contribution in [0.2, 0.25) is 0 Å². The average molecular weight is 228 g/mol. The van der Waals surface area contributed by atoms with Crippen LogP contribution in [0, 0.1) is 0 Å². The van der Waals surface area contributed by atoms with Gasteiger partial charge in [-0.05, 0) is 12.1 Å². The summed E-state index contributed by atoms with van der Waals surface area (Å²) in [6.45, 7) is 0. The van der Waals surface area contributed by atoms with Gasteiger partial charge < -0.3 is 4.74 Å². The normalized spacial score (nSPS) is 10.9. The van der Waals surface area contributed by atoms with Gasteiger partial charge in [-0.3, -0.25) is 4.68 Å². The first-order valence-corrected chi connectivity index (χ1v) is 5.28. The molecule has 0 saturated carbocycles. The molecule has 0 fully saturated rings. The molecule has 0 unspecified atom stereocenters. The molecule has 0 aromatic carbocycles. The molecule has 5 heteroatoms. The minimum absolute atomic E-state index is 0.809. The van der Waals surface area contributed by atoms with Gasteiger partial charge in [0, 0.05) is 30.6 Å². The van der Waals surface area contributed by atoms with Crippen LogP contribution in [0.1, 0.15) is 0 Å². The predicted octanol–water partition coefficient (Wildman–Crippen LogP) is 1.74. The van der Waals surface area contributed by atoms with E-state index in [9.17, 15) is 0 Å². The molecular formula is C12H12N4O. The van der Waals surface area contributed by atoms with E-state index in [0.717, 1.165) is 22.4 Å². The number of ether oxygens (including phenoxy) is 1. The molecule has 86 valence electrons. The Bertz CT molecular complexity index is 668. The number of aryl methyl sites for hydroxylation is 1. The lowest BCUT2D eigenvalue weighted by atomic mass is 10.1. The molecule has 5 nitrogen and oxygen atoms in total. The first kappa shape index (κ1) is 9.89. The van der Waals surface area contributed by atoms with E-state index in [1.165, 1.54) is 0 Å². The average Bonchev–Trinajstić information content (AvgIpc) is 2.95. The molecule has 0 amide bonds. The van der Waals surface area contributed by atoms with Gasteiger partial charge in [0.15, 0.2) is 0 Å². The fourth-order valence-corrected chi connectivity index (χ4v) is 1.89. The Labute approximate surface area is 98.2 Å². The predicted molar refractivity (Wildman–Crippen MR) is 63.9 cm³/mol. The number of aromatic nitrogens is 4. The summed E-state index contributed by atoms with van der Waals surface area (Å²) < 4.78 is 8.95. The molecular weight excluding hydrogens is 216 g/mol. The molecule has 3 heterocycles. The zero-order valence-corrected chi connectivity index (χ0v) is 9.66. The van der Waals surface area contributed by atoms with Gasteiger partial charge in [0.25, 0.3) is 0 Å². The highest BCUT2D eigenvalue weighted by molar-refractivity contribution is 5.70. The highest BCUT2D eigenvalue weighted by Crippen LogP contribution is 2.27. The molecule has 0 aliphatic carbocycles. The zero-order valence-electron chi connectivity index (χ0n) is 9.66. The van der Waals surface area contributed by atoms with Crippen LogP contribution in [0.4, 0.5) is 0 Å². The van der Waals surface area contributed by atoms with E-state index < -0.39 is 0 Å². The first-order chi connectivity index (χ1) is 8.28. The Balaban J connectivity index is 2.23. The van der Waals surface area contributed by atoms with Gasteiger partial charge in [0.05, 0.1) is 19.5 Å². The number of methoxy groups -OCH3 is 1. The molecule has 0 aliphatic rings. The number of pyridine rings is 1. The molecule has 3 rings (SSSR count). The highest BCUT2D eigenvalue weighted by Gasteiger charge is 2.07. The van der Waals surface area contributed by atoms with Crippen molar-refractivity contribution in [2.75, 3.05) is 7.11 Å². The van der Waals surface area contributed by atoms with Crippen molar-refractivity contribution in [3.63, 3.8) is 0 Å². The number of fused-ring (bicyclic) bond motifs is 1. The summed E-state index contributed by atoms with van der Waals surface area (Å²) in [7, 11) is 3.56. The highest BCUT2D eigenvalue weighted by atomic mass is 16.5. The second kappa shape index (κ2) is 3.62. The lowest BCUT2D eigenvalue weighted by molar-refractivity contribution is 0.417. The fourth-order valence-electron chi connectivity index (χ4n) is 1.89. The van der Waals surface area contributed by atoms with Crippen LogP contribution in [0.5, 0.6) is 5.75 Å². The van der Waals surface area contributed by atoms with Crippen LogP contribution in [0.25, 0.3) is 16.6 Å². The maximum Gasteiger partial charge on any atom is 0.145 e. The third-order valence-electron chi connectivity index (χ3n) is 2.73. The lowest BCUT2D eigenvalue weighted by Crippen LogP contribution is -1.92. The summed E-state index contributed by atoms with van der Waals surface area (Å²) in [6, 6.07) is 3.92. The van der Waals surface area contributed by atoms with Crippen molar-refractivity contribution in [3.8, 4) is 16.9 Å². The van der Waals surface area contributed by atoms with Crippen molar-refractivity contribution in [3.05, 3.63) is 36.9 Å². The maximum atomic E-state index is 5.37. The standard InChI is InChI=1S/C12H12N4O/c1-15-7-10(6-14-15)9-5-12(17-2)11-3-4-13-16(11)8-9/h3-8H,1-2H3. The van der Waals surface area contributed by atoms with Crippen molar-refractivity contribution < 1.29 is 4.74 Å². The first-order valence-electron chi connectivity index (χ1n) is 5.28. The Morgan fingerprint density at radius 1 is 1.18 bits per heavy atom. The number of rotatable bonds is 2.